The van der Waals surface area contributed by atoms with Crippen LogP contribution in [0.2, 0.25) is 0 Å². The van der Waals surface area contributed by atoms with Crippen molar-refractivity contribution in [2.45, 2.75) is 64.1 Å². The van der Waals surface area contributed by atoms with Crippen LogP contribution in [0.15, 0.2) is 0 Å². The molecule has 2 aliphatic rings. The SMILES string of the molecule is CCC1(C(=O)NC2CC(OC)C2(C)C)CCCN1. The summed E-state index contributed by atoms with van der Waals surface area (Å²) >= 11 is 0. The summed E-state index contributed by atoms with van der Waals surface area (Å²) in [6.45, 7) is 7.37. The van der Waals surface area contributed by atoms with E-state index in [9.17, 15) is 4.79 Å². The lowest BCUT2D eigenvalue weighted by atomic mass is 9.64. The lowest BCUT2D eigenvalue weighted by molar-refractivity contribution is -0.138. The lowest BCUT2D eigenvalue weighted by Gasteiger charge is -2.52. The minimum Gasteiger partial charge on any atom is -0.381 e. The largest absolute Gasteiger partial charge is 0.381 e. The zero-order valence-electron chi connectivity index (χ0n) is 12.0. The Morgan fingerprint density at radius 1 is 1.50 bits per heavy atom. The molecule has 1 heterocycles. The first-order chi connectivity index (χ1) is 8.46. The van der Waals surface area contributed by atoms with Gasteiger partial charge >= 0.3 is 0 Å². The Bertz CT molecular complexity index is 322. The Morgan fingerprint density at radius 2 is 2.22 bits per heavy atom. The maximum absolute atomic E-state index is 12.5. The minimum atomic E-state index is -0.325. The first kappa shape index (κ1) is 13.8. The number of carbonyl (C=O) groups is 1. The van der Waals surface area contributed by atoms with Crippen LogP contribution >= 0.6 is 0 Å². The van der Waals surface area contributed by atoms with Gasteiger partial charge in [-0.15, -0.1) is 0 Å². The molecule has 1 aliphatic heterocycles. The second-order valence-corrected chi connectivity index (χ2v) is 6.27. The van der Waals surface area contributed by atoms with Crippen LogP contribution in [0.4, 0.5) is 0 Å². The lowest BCUT2D eigenvalue weighted by Crippen LogP contribution is -2.65. The van der Waals surface area contributed by atoms with Crippen molar-refractivity contribution >= 4 is 5.91 Å². The molecule has 0 aromatic rings. The molecule has 2 rings (SSSR count). The van der Waals surface area contributed by atoms with Crippen molar-refractivity contribution in [1.82, 2.24) is 10.6 Å². The summed E-state index contributed by atoms with van der Waals surface area (Å²) in [4.78, 5) is 12.5. The van der Waals surface area contributed by atoms with E-state index in [1.54, 1.807) is 7.11 Å². The van der Waals surface area contributed by atoms with Gasteiger partial charge in [-0.3, -0.25) is 4.79 Å². The van der Waals surface area contributed by atoms with Gasteiger partial charge in [0.15, 0.2) is 0 Å². The smallest absolute Gasteiger partial charge is 0.240 e. The molecule has 3 unspecified atom stereocenters. The van der Waals surface area contributed by atoms with Crippen LogP contribution in [0.5, 0.6) is 0 Å². The molecule has 0 aromatic heterocycles. The topological polar surface area (TPSA) is 50.4 Å². The normalized spacial score (nSPS) is 38.2. The number of nitrogens with one attached hydrogen (secondary N) is 2. The molecular formula is C14H26N2O2. The molecule has 3 atom stereocenters. The highest BCUT2D eigenvalue weighted by Crippen LogP contribution is 2.42. The Hall–Kier alpha value is -0.610. The van der Waals surface area contributed by atoms with Crippen molar-refractivity contribution < 1.29 is 9.53 Å². The molecule has 1 amide bonds. The molecule has 0 aromatic carbocycles. The Morgan fingerprint density at radius 3 is 2.67 bits per heavy atom. The highest BCUT2D eigenvalue weighted by Gasteiger charge is 2.51. The number of methoxy groups -OCH3 is 1. The molecule has 104 valence electrons. The van der Waals surface area contributed by atoms with Crippen LogP contribution in [0.1, 0.15) is 46.5 Å². The van der Waals surface area contributed by atoms with Gasteiger partial charge in [0.05, 0.1) is 11.6 Å². The van der Waals surface area contributed by atoms with Gasteiger partial charge in [0.25, 0.3) is 0 Å². The molecule has 1 saturated carbocycles. The van der Waals surface area contributed by atoms with Gasteiger partial charge in [-0.05, 0) is 32.2 Å². The zero-order valence-corrected chi connectivity index (χ0v) is 12.0. The van der Waals surface area contributed by atoms with Crippen LogP contribution in [-0.4, -0.2) is 37.2 Å². The highest BCUT2D eigenvalue weighted by atomic mass is 16.5. The molecule has 2 N–H and O–H groups in total. The van der Waals surface area contributed by atoms with Gasteiger partial charge in [0, 0.05) is 18.6 Å². The van der Waals surface area contributed by atoms with Gasteiger partial charge in [-0.1, -0.05) is 20.8 Å². The van der Waals surface area contributed by atoms with E-state index in [4.69, 9.17) is 4.74 Å². The average molecular weight is 254 g/mol. The second kappa shape index (κ2) is 4.82. The van der Waals surface area contributed by atoms with Crippen molar-refractivity contribution in [2.75, 3.05) is 13.7 Å². The van der Waals surface area contributed by atoms with Gasteiger partial charge in [0.1, 0.15) is 0 Å². The summed E-state index contributed by atoms with van der Waals surface area (Å²) in [6, 6.07) is 0.237. The second-order valence-electron chi connectivity index (χ2n) is 6.27. The molecule has 1 aliphatic carbocycles. The molecule has 1 saturated heterocycles. The predicted molar refractivity (Wildman–Crippen MR) is 71.4 cm³/mol. The van der Waals surface area contributed by atoms with Gasteiger partial charge in [0.2, 0.25) is 5.91 Å². The van der Waals surface area contributed by atoms with E-state index in [1.807, 2.05) is 0 Å². The summed E-state index contributed by atoms with van der Waals surface area (Å²) in [5.41, 5.74) is -0.286. The molecule has 0 spiro atoms. The van der Waals surface area contributed by atoms with Crippen LogP contribution in [0.3, 0.4) is 0 Å². The number of rotatable bonds is 4. The van der Waals surface area contributed by atoms with Gasteiger partial charge in [-0.25, -0.2) is 0 Å². The van der Waals surface area contributed by atoms with Crippen molar-refractivity contribution in [3.05, 3.63) is 0 Å². The Labute approximate surface area is 110 Å². The average Bonchev–Trinajstić information content (AvgIpc) is 2.83. The van der Waals surface area contributed by atoms with E-state index < -0.39 is 0 Å². The number of amides is 1. The quantitative estimate of drug-likeness (QED) is 0.798. The van der Waals surface area contributed by atoms with Crippen LogP contribution in [0, 0.1) is 5.41 Å². The summed E-state index contributed by atoms with van der Waals surface area (Å²) in [6.07, 6.45) is 4.10. The van der Waals surface area contributed by atoms with E-state index in [-0.39, 0.29) is 29.0 Å². The van der Waals surface area contributed by atoms with Gasteiger partial charge in [-0.2, -0.15) is 0 Å². The predicted octanol–water partition coefficient (Wildman–Crippen LogP) is 1.45. The Balaban J connectivity index is 1.96. The monoisotopic (exact) mass is 254 g/mol. The van der Waals surface area contributed by atoms with Crippen molar-refractivity contribution in [3.63, 3.8) is 0 Å². The molecule has 4 heteroatoms. The van der Waals surface area contributed by atoms with Crippen LogP contribution < -0.4 is 10.6 Å². The number of carbonyl (C=O) groups excluding carboxylic acids is 1. The van der Waals surface area contributed by atoms with E-state index >= 15 is 0 Å². The third kappa shape index (κ3) is 2.05. The van der Waals surface area contributed by atoms with E-state index in [1.165, 1.54) is 0 Å². The molecular weight excluding hydrogens is 228 g/mol. The first-order valence-corrected chi connectivity index (χ1v) is 7.05. The van der Waals surface area contributed by atoms with E-state index in [2.05, 4.69) is 31.4 Å². The summed E-state index contributed by atoms with van der Waals surface area (Å²) in [7, 11) is 1.75. The standard InChI is InChI=1S/C14H26N2O2/c1-5-14(7-6-8-15-14)12(17)16-10-9-11(18-4)13(10,2)3/h10-11,15H,5-9H2,1-4H3,(H,16,17). The molecule has 4 nitrogen and oxygen atoms in total. The maximum atomic E-state index is 12.5. The fourth-order valence-electron chi connectivity index (χ4n) is 3.29. The van der Waals surface area contributed by atoms with E-state index in [0.717, 1.165) is 32.2 Å². The van der Waals surface area contributed by atoms with Crippen molar-refractivity contribution in [1.29, 1.82) is 0 Å². The molecule has 2 fully saturated rings. The molecule has 18 heavy (non-hydrogen) atoms. The summed E-state index contributed by atoms with van der Waals surface area (Å²) in [5.74, 6) is 0.176. The fraction of sp³-hybridized carbons (Fsp3) is 0.929. The van der Waals surface area contributed by atoms with Crippen molar-refractivity contribution in [3.8, 4) is 0 Å². The zero-order chi connectivity index (χ0) is 13.4. The summed E-state index contributed by atoms with van der Waals surface area (Å²) in [5, 5.41) is 6.61. The fourth-order valence-corrected chi connectivity index (χ4v) is 3.29. The van der Waals surface area contributed by atoms with Crippen molar-refractivity contribution in [2.24, 2.45) is 5.41 Å². The van der Waals surface area contributed by atoms with Gasteiger partial charge < -0.3 is 15.4 Å². The van der Waals surface area contributed by atoms with E-state index in [0.29, 0.717) is 0 Å². The first-order valence-electron chi connectivity index (χ1n) is 7.05. The van der Waals surface area contributed by atoms with Crippen LogP contribution in [0.25, 0.3) is 0 Å². The van der Waals surface area contributed by atoms with Crippen LogP contribution in [-0.2, 0) is 9.53 Å². The molecule has 0 radical (unpaired) electrons. The Kier molecular flexibility index (Phi) is 3.70. The third-order valence-corrected chi connectivity index (χ3v) is 5.05. The molecule has 0 bridgehead atoms. The maximum Gasteiger partial charge on any atom is 0.240 e. The number of hydrogen-bond donors (Lipinski definition) is 2. The third-order valence-electron chi connectivity index (χ3n) is 5.05. The minimum absolute atomic E-state index is 0.0396. The number of hydrogen-bond acceptors (Lipinski definition) is 3. The highest BCUT2D eigenvalue weighted by molar-refractivity contribution is 5.87. The summed E-state index contributed by atoms with van der Waals surface area (Å²) < 4.78 is 5.42. The number of ether oxygens (including phenoxy) is 1.